The van der Waals surface area contributed by atoms with Gasteiger partial charge < -0.3 is 10.6 Å². The van der Waals surface area contributed by atoms with Gasteiger partial charge in [0.25, 0.3) is 0 Å². The highest BCUT2D eigenvalue weighted by Gasteiger charge is 2.26. The molecular formula is C27H41N3O2. The van der Waals surface area contributed by atoms with E-state index in [9.17, 15) is 4.79 Å². The number of likely N-dealkylation sites (N-methyl/N-ethyl adjacent to an activating group) is 1. The zero-order chi connectivity index (χ0) is 23.9. The molecule has 2 amide bonds. The average molecular weight is 440 g/mol. The van der Waals surface area contributed by atoms with E-state index in [1.54, 1.807) is 0 Å². The summed E-state index contributed by atoms with van der Waals surface area (Å²) in [6, 6.07) is 16.1. The van der Waals surface area contributed by atoms with E-state index >= 15 is 0 Å². The lowest BCUT2D eigenvalue weighted by molar-refractivity contribution is -0.248. The predicted octanol–water partition coefficient (Wildman–Crippen LogP) is 6.85. The number of hydrogen-bond donors (Lipinski definition) is 2. The minimum Gasteiger partial charge on any atom is -0.336 e. The molecule has 0 aliphatic rings. The Hall–Kier alpha value is -2.37. The number of carbonyl (C=O) groups is 1. The SMILES string of the molecule is CCN(OC(C)(C)C)C(CNC(=O)Nc1c(C(C)C)cccc1C(C)C)c1ccccc1. The summed E-state index contributed by atoms with van der Waals surface area (Å²) >= 11 is 0. The number of hydroxylamine groups is 2. The first-order valence-electron chi connectivity index (χ1n) is 11.7. The van der Waals surface area contributed by atoms with Gasteiger partial charge >= 0.3 is 6.03 Å². The molecule has 0 heterocycles. The van der Waals surface area contributed by atoms with Crippen molar-refractivity contribution in [1.29, 1.82) is 0 Å². The van der Waals surface area contributed by atoms with E-state index in [0.717, 1.165) is 22.4 Å². The van der Waals surface area contributed by atoms with Crippen LogP contribution in [0, 0.1) is 0 Å². The maximum atomic E-state index is 13.0. The average Bonchev–Trinajstić information content (AvgIpc) is 2.72. The summed E-state index contributed by atoms with van der Waals surface area (Å²) in [5.41, 5.74) is 4.00. The number of hydrogen-bond acceptors (Lipinski definition) is 3. The van der Waals surface area contributed by atoms with Crippen LogP contribution in [0.1, 0.15) is 90.0 Å². The molecule has 2 N–H and O–H groups in total. The topological polar surface area (TPSA) is 53.6 Å². The summed E-state index contributed by atoms with van der Waals surface area (Å²) in [5.74, 6) is 0.633. The number of rotatable bonds is 9. The highest BCUT2D eigenvalue weighted by Crippen LogP contribution is 2.32. The highest BCUT2D eigenvalue weighted by molar-refractivity contribution is 5.91. The molecule has 176 valence electrons. The molecule has 5 heteroatoms. The van der Waals surface area contributed by atoms with Gasteiger partial charge in [-0.2, -0.15) is 5.06 Å². The van der Waals surface area contributed by atoms with Crippen molar-refractivity contribution in [2.45, 2.75) is 78.9 Å². The molecule has 5 nitrogen and oxygen atoms in total. The first-order valence-corrected chi connectivity index (χ1v) is 11.7. The van der Waals surface area contributed by atoms with E-state index in [1.165, 1.54) is 0 Å². The number of nitrogens with one attached hydrogen (secondary N) is 2. The van der Waals surface area contributed by atoms with Crippen molar-refractivity contribution >= 4 is 11.7 Å². The van der Waals surface area contributed by atoms with Gasteiger partial charge in [-0.25, -0.2) is 4.79 Å². The second-order valence-electron chi connectivity index (χ2n) is 9.82. The van der Waals surface area contributed by atoms with Crippen molar-refractivity contribution in [2.24, 2.45) is 0 Å². The summed E-state index contributed by atoms with van der Waals surface area (Å²) in [4.78, 5) is 19.2. The van der Waals surface area contributed by atoms with Gasteiger partial charge in [-0.3, -0.25) is 4.84 Å². The van der Waals surface area contributed by atoms with E-state index in [2.05, 4.69) is 75.6 Å². The second kappa shape index (κ2) is 11.5. The molecule has 0 aromatic heterocycles. The van der Waals surface area contributed by atoms with Crippen molar-refractivity contribution in [3.05, 3.63) is 65.2 Å². The standard InChI is InChI=1S/C27H41N3O2/c1-9-30(32-27(6,7)8)24(21-14-11-10-12-15-21)18-28-26(31)29-25-22(19(2)3)16-13-17-23(25)20(4)5/h10-17,19-20,24H,9,18H2,1-8H3,(H2,28,29,31). The fraction of sp³-hybridized carbons (Fsp3) is 0.519. The minimum atomic E-state index is -0.326. The predicted molar refractivity (Wildman–Crippen MR) is 134 cm³/mol. The van der Waals surface area contributed by atoms with Crippen LogP contribution in [0.4, 0.5) is 10.5 Å². The highest BCUT2D eigenvalue weighted by atomic mass is 16.7. The van der Waals surface area contributed by atoms with Crippen molar-refractivity contribution in [3.63, 3.8) is 0 Å². The molecule has 0 saturated carbocycles. The molecule has 32 heavy (non-hydrogen) atoms. The lowest BCUT2D eigenvalue weighted by Gasteiger charge is -2.35. The van der Waals surface area contributed by atoms with Gasteiger partial charge in [0, 0.05) is 18.8 Å². The molecule has 2 rings (SSSR count). The number of para-hydroxylation sites is 1. The van der Waals surface area contributed by atoms with Gasteiger partial charge in [-0.15, -0.1) is 0 Å². The molecule has 0 aliphatic heterocycles. The molecule has 1 unspecified atom stereocenters. The van der Waals surface area contributed by atoms with Crippen LogP contribution in [-0.4, -0.2) is 29.8 Å². The van der Waals surface area contributed by atoms with Crippen molar-refractivity contribution in [3.8, 4) is 0 Å². The summed E-state index contributed by atoms with van der Waals surface area (Å²) in [6.07, 6.45) is 0. The number of amides is 2. The van der Waals surface area contributed by atoms with E-state index in [4.69, 9.17) is 4.84 Å². The Balaban J connectivity index is 2.23. The zero-order valence-corrected chi connectivity index (χ0v) is 21.0. The number of benzene rings is 2. The third kappa shape index (κ3) is 7.35. The summed E-state index contributed by atoms with van der Waals surface area (Å²) in [5, 5.41) is 8.19. The number of carbonyl (C=O) groups excluding carboxylic acids is 1. The van der Waals surface area contributed by atoms with Gasteiger partial charge in [0.05, 0.1) is 11.6 Å². The van der Waals surface area contributed by atoms with Crippen molar-refractivity contribution < 1.29 is 9.63 Å². The van der Waals surface area contributed by atoms with Crippen LogP contribution in [0.2, 0.25) is 0 Å². The Morgan fingerprint density at radius 2 is 1.50 bits per heavy atom. The first kappa shape index (κ1) is 25.9. The Bertz CT molecular complexity index is 831. The second-order valence-corrected chi connectivity index (χ2v) is 9.82. The fourth-order valence-corrected chi connectivity index (χ4v) is 3.80. The maximum Gasteiger partial charge on any atom is 0.319 e. The first-order chi connectivity index (χ1) is 15.0. The fourth-order valence-electron chi connectivity index (χ4n) is 3.80. The van der Waals surface area contributed by atoms with Crippen LogP contribution < -0.4 is 10.6 Å². The normalized spacial score (nSPS) is 13.0. The molecule has 0 spiro atoms. The lowest BCUT2D eigenvalue weighted by Crippen LogP contribution is -2.43. The third-order valence-electron chi connectivity index (χ3n) is 5.30. The van der Waals surface area contributed by atoms with Gasteiger partial charge in [-0.1, -0.05) is 83.1 Å². The Kier molecular flexibility index (Phi) is 9.29. The molecular weight excluding hydrogens is 398 g/mol. The molecule has 0 saturated heterocycles. The summed E-state index contributed by atoms with van der Waals surface area (Å²) < 4.78 is 0. The Morgan fingerprint density at radius 1 is 0.938 bits per heavy atom. The molecule has 0 fully saturated rings. The minimum absolute atomic E-state index is 0.101. The monoisotopic (exact) mass is 439 g/mol. The Labute approximate surface area is 194 Å². The number of urea groups is 1. The van der Waals surface area contributed by atoms with Crippen molar-refractivity contribution in [1.82, 2.24) is 10.4 Å². The van der Waals surface area contributed by atoms with Gasteiger partial charge in [0.1, 0.15) is 0 Å². The zero-order valence-electron chi connectivity index (χ0n) is 21.0. The number of anilines is 1. The quantitative estimate of drug-likeness (QED) is 0.420. The van der Waals surface area contributed by atoms with E-state index in [1.807, 2.05) is 44.0 Å². The third-order valence-corrected chi connectivity index (χ3v) is 5.30. The molecule has 1 atom stereocenters. The Morgan fingerprint density at radius 3 is 1.97 bits per heavy atom. The van der Waals surface area contributed by atoms with Gasteiger partial charge in [-0.05, 0) is 49.3 Å². The van der Waals surface area contributed by atoms with E-state index in [-0.39, 0.29) is 17.7 Å². The summed E-state index contributed by atoms with van der Waals surface area (Å²) in [7, 11) is 0. The van der Waals surface area contributed by atoms with Crippen LogP contribution in [0.3, 0.4) is 0 Å². The number of nitrogens with zero attached hydrogens (tertiary/aromatic N) is 1. The molecule has 0 radical (unpaired) electrons. The van der Waals surface area contributed by atoms with Crippen LogP contribution >= 0.6 is 0 Å². The molecule has 2 aromatic carbocycles. The summed E-state index contributed by atoms with van der Waals surface area (Å²) in [6.45, 7) is 17.9. The lowest BCUT2D eigenvalue weighted by atomic mass is 9.93. The van der Waals surface area contributed by atoms with E-state index < -0.39 is 0 Å². The van der Waals surface area contributed by atoms with Crippen LogP contribution in [0.25, 0.3) is 0 Å². The van der Waals surface area contributed by atoms with Crippen LogP contribution in [-0.2, 0) is 4.84 Å². The largest absolute Gasteiger partial charge is 0.336 e. The van der Waals surface area contributed by atoms with Crippen LogP contribution in [0.5, 0.6) is 0 Å². The molecule has 0 bridgehead atoms. The smallest absolute Gasteiger partial charge is 0.319 e. The molecule has 2 aromatic rings. The van der Waals surface area contributed by atoms with E-state index in [0.29, 0.717) is 24.9 Å². The van der Waals surface area contributed by atoms with Gasteiger partial charge in [0.2, 0.25) is 0 Å². The maximum absolute atomic E-state index is 13.0. The van der Waals surface area contributed by atoms with Gasteiger partial charge in [0.15, 0.2) is 0 Å². The van der Waals surface area contributed by atoms with Crippen molar-refractivity contribution in [2.75, 3.05) is 18.4 Å². The van der Waals surface area contributed by atoms with Crippen LogP contribution in [0.15, 0.2) is 48.5 Å². The molecule has 0 aliphatic carbocycles.